The zero-order valence-corrected chi connectivity index (χ0v) is 12.9. The van der Waals surface area contributed by atoms with Crippen LogP contribution in [0.25, 0.3) is 0 Å². The maximum atomic E-state index is 3.59. The third-order valence-corrected chi connectivity index (χ3v) is 4.40. The summed E-state index contributed by atoms with van der Waals surface area (Å²) in [6.45, 7) is 3.19. The fourth-order valence-electron chi connectivity index (χ4n) is 2.31. The highest BCUT2D eigenvalue weighted by Crippen LogP contribution is 2.22. The zero-order chi connectivity index (χ0) is 14.0. The minimum absolute atomic E-state index is 0.484. The molecule has 0 heterocycles. The Kier molecular flexibility index (Phi) is 6.69. The van der Waals surface area contributed by atoms with Crippen LogP contribution in [0.3, 0.4) is 0 Å². The van der Waals surface area contributed by atoms with Crippen molar-refractivity contribution in [2.45, 2.75) is 30.7 Å². The van der Waals surface area contributed by atoms with E-state index in [0.717, 1.165) is 6.54 Å². The highest BCUT2D eigenvalue weighted by atomic mass is 32.2. The van der Waals surface area contributed by atoms with E-state index in [0.29, 0.717) is 6.04 Å². The molecule has 0 aliphatic carbocycles. The lowest BCUT2D eigenvalue weighted by Gasteiger charge is -2.18. The molecule has 0 aliphatic rings. The molecule has 0 amide bonds. The van der Waals surface area contributed by atoms with E-state index in [1.165, 1.54) is 29.1 Å². The molecule has 0 radical (unpaired) electrons. The lowest BCUT2D eigenvalue weighted by Crippen LogP contribution is -2.20. The molecular formula is C18H23NS. The van der Waals surface area contributed by atoms with E-state index >= 15 is 0 Å². The second-order valence-electron chi connectivity index (χ2n) is 4.82. The average molecular weight is 285 g/mol. The zero-order valence-electron chi connectivity index (χ0n) is 12.1. The summed E-state index contributed by atoms with van der Waals surface area (Å²) >= 11 is 1.95. The topological polar surface area (TPSA) is 12.0 Å². The van der Waals surface area contributed by atoms with Gasteiger partial charge in [0.1, 0.15) is 0 Å². The minimum atomic E-state index is 0.484. The lowest BCUT2D eigenvalue weighted by molar-refractivity contribution is 0.511. The molecule has 2 aromatic rings. The molecule has 0 bridgehead atoms. The molecule has 1 N–H and O–H groups in total. The van der Waals surface area contributed by atoms with E-state index < -0.39 is 0 Å². The van der Waals surface area contributed by atoms with Gasteiger partial charge in [0, 0.05) is 10.9 Å². The minimum Gasteiger partial charge on any atom is -0.310 e. The van der Waals surface area contributed by atoms with Gasteiger partial charge in [-0.25, -0.2) is 0 Å². The Labute approximate surface area is 126 Å². The number of hydrogen-bond donors (Lipinski definition) is 1. The summed E-state index contributed by atoms with van der Waals surface area (Å²) in [6, 6.07) is 21.9. The predicted molar refractivity (Wildman–Crippen MR) is 89.3 cm³/mol. The Hall–Kier alpha value is -1.25. The maximum Gasteiger partial charge on any atom is 0.0320 e. The highest BCUT2D eigenvalue weighted by Gasteiger charge is 2.09. The van der Waals surface area contributed by atoms with Crippen LogP contribution in [0.5, 0.6) is 0 Å². The van der Waals surface area contributed by atoms with Crippen molar-refractivity contribution >= 4 is 11.8 Å². The molecule has 0 saturated carbocycles. The van der Waals surface area contributed by atoms with E-state index in [1.54, 1.807) is 0 Å². The summed E-state index contributed by atoms with van der Waals surface area (Å²) in [6.07, 6.45) is 2.42. The first-order valence-corrected chi connectivity index (χ1v) is 8.35. The molecular weight excluding hydrogens is 262 g/mol. The Balaban J connectivity index is 1.78. The molecule has 0 aromatic heterocycles. The Morgan fingerprint density at radius 3 is 2.25 bits per heavy atom. The molecule has 2 rings (SSSR count). The van der Waals surface area contributed by atoms with Gasteiger partial charge in [-0.1, -0.05) is 55.5 Å². The first kappa shape index (κ1) is 15.1. The van der Waals surface area contributed by atoms with Crippen LogP contribution in [0.15, 0.2) is 65.6 Å². The van der Waals surface area contributed by atoms with Gasteiger partial charge in [-0.05, 0) is 42.8 Å². The van der Waals surface area contributed by atoms with E-state index in [-0.39, 0.29) is 0 Å². The summed E-state index contributed by atoms with van der Waals surface area (Å²) in [5.74, 6) is 1.18. The lowest BCUT2D eigenvalue weighted by atomic mass is 10.0. The number of thioether (sulfide) groups is 1. The molecule has 0 saturated heterocycles. The van der Waals surface area contributed by atoms with Crippen LogP contribution >= 0.6 is 11.8 Å². The average Bonchev–Trinajstić information content (AvgIpc) is 2.52. The van der Waals surface area contributed by atoms with Crippen molar-refractivity contribution in [3.8, 4) is 0 Å². The van der Waals surface area contributed by atoms with Crippen molar-refractivity contribution in [3.63, 3.8) is 0 Å². The van der Waals surface area contributed by atoms with E-state index in [9.17, 15) is 0 Å². The van der Waals surface area contributed by atoms with Gasteiger partial charge in [0.25, 0.3) is 0 Å². The van der Waals surface area contributed by atoms with Gasteiger partial charge in [0.2, 0.25) is 0 Å². The van der Waals surface area contributed by atoms with Crippen LogP contribution in [-0.4, -0.2) is 12.3 Å². The summed E-state index contributed by atoms with van der Waals surface area (Å²) in [5, 5.41) is 3.59. The van der Waals surface area contributed by atoms with Gasteiger partial charge in [0.05, 0.1) is 0 Å². The Morgan fingerprint density at radius 2 is 1.60 bits per heavy atom. The van der Waals surface area contributed by atoms with Crippen LogP contribution < -0.4 is 5.32 Å². The van der Waals surface area contributed by atoms with Crippen molar-refractivity contribution < 1.29 is 0 Å². The number of rotatable bonds is 8. The SMILES string of the molecule is CCNC(CCCSc1ccccc1)c1ccccc1. The smallest absolute Gasteiger partial charge is 0.0320 e. The van der Waals surface area contributed by atoms with Crippen LogP contribution in [0.1, 0.15) is 31.4 Å². The van der Waals surface area contributed by atoms with Crippen LogP contribution in [-0.2, 0) is 0 Å². The van der Waals surface area contributed by atoms with Crippen molar-refractivity contribution in [3.05, 3.63) is 66.2 Å². The van der Waals surface area contributed by atoms with Gasteiger partial charge in [-0.15, -0.1) is 11.8 Å². The molecule has 1 unspecified atom stereocenters. The van der Waals surface area contributed by atoms with Crippen molar-refractivity contribution in [1.82, 2.24) is 5.32 Å². The first-order chi connectivity index (χ1) is 9.90. The Morgan fingerprint density at radius 1 is 0.950 bits per heavy atom. The highest BCUT2D eigenvalue weighted by molar-refractivity contribution is 7.99. The summed E-state index contributed by atoms with van der Waals surface area (Å²) in [7, 11) is 0. The van der Waals surface area contributed by atoms with Crippen LogP contribution in [0.4, 0.5) is 0 Å². The largest absolute Gasteiger partial charge is 0.310 e. The number of nitrogens with one attached hydrogen (secondary N) is 1. The second-order valence-corrected chi connectivity index (χ2v) is 5.99. The van der Waals surface area contributed by atoms with Crippen LogP contribution in [0.2, 0.25) is 0 Å². The molecule has 0 spiro atoms. The van der Waals surface area contributed by atoms with Gasteiger partial charge in [0.15, 0.2) is 0 Å². The van der Waals surface area contributed by atoms with Crippen molar-refractivity contribution in [1.29, 1.82) is 0 Å². The summed E-state index contributed by atoms with van der Waals surface area (Å²) in [5.41, 5.74) is 1.40. The molecule has 20 heavy (non-hydrogen) atoms. The molecule has 1 atom stereocenters. The predicted octanol–water partition coefficient (Wildman–Crippen LogP) is 4.91. The quantitative estimate of drug-likeness (QED) is 0.546. The van der Waals surface area contributed by atoms with E-state index in [2.05, 4.69) is 72.9 Å². The fourth-order valence-corrected chi connectivity index (χ4v) is 3.21. The summed E-state index contributed by atoms with van der Waals surface area (Å²) < 4.78 is 0. The molecule has 106 valence electrons. The number of benzene rings is 2. The maximum absolute atomic E-state index is 3.59. The Bertz CT molecular complexity index is 469. The number of hydrogen-bond acceptors (Lipinski definition) is 2. The van der Waals surface area contributed by atoms with Gasteiger partial charge in [-0.2, -0.15) is 0 Å². The van der Waals surface area contributed by atoms with Crippen LogP contribution in [0, 0.1) is 0 Å². The first-order valence-electron chi connectivity index (χ1n) is 7.36. The normalized spacial score (nSPS) is 12.2. The molecule has 1 nitrogen and oxygen atoms in total. The van der Waals surface area contributed by atoms with E-state index in [4.69, 9.17) is 0 Å². The molecule has 2 aromatic carbocycles. The molecule has 0 fully saturated rings. The monoisotopic (exact) mass is 285 g/mol. The van der Waals surface area contributed by atoms with E-state index in [1.807, 2.05) is 11.8 Å². The molecule has 2 heteroatoms. The van der Waals surface area contributed by atoms with Gasteiger partial charge in [-0.3, -0.25) is 0 Å². The standard InChI is InChI=1S/C18H23NS/c1-2-19-18(16-10-5-3-6-11-16)14-9-15-20-17-12-7-4-8-13-17/h3-8,10-13,18-19H,2,9,14-15H2,1H3. The fraction of sp³-hybridized carbons (Fsp3) is 0.333. The third kappa shape index (κ3) is 5.03. The summed E-state index contributed by atoms with van der Waals surface area (Å²) in [4.78, 5) is 1.37. The second kappa shape index (κ2) is 8.83. The van der Waals surface area contributed by atoms with Gasteiger partial charge < -0.3 is 5.32 Å². The van der Waals surface area contributed by atoms with Crippen molar-refractivity contribution in [2.75, 3.05) is 12.3 Å². The molecule has 0 aliphatic heterocycles. The third-order valence-electron chi connectivity index (χ3n) is 3.30. The van der Waals surface area contributed by atoms with Gasteiger partial charge >= 0.3 is 0 Å². The van der Waals surface area contributed by atoms with Crippen molar-refractivity contribution in [2.24, 2.45) is 0 Å².